The van der Waals surface area contributed by atoms with Crippen molar-refractivity contribution in [1.82, 2.24) is 20.1 Å². The van der Waals surface area contributed by atoms with Crippen molar-refractivity contribution in [2.24, 2.45) is 0 Å². The number of hydrogen-bond donors (Lipinski definition) is 1. The highest BCUT2D eigenvalue weighted by Crippen LogP contribution is 2.40. The molecule has 0 radical (unpaired) electrons. The molecule has 0 spiro atoms. The molecule has 26 heavy (non-hydrogen) atoms. The smallest absolute Gasteiger partial charge is 0.293 e. The first-order valence-corrected chi connectivity index (χ1v) is 9.22. The van der Waals surface area contributed by atoms with Gasteiger partial charge in [-0.05, 0) is 37.1 Å². The van der Waals surface area contributed by atoms with Crippen LogP contribution >= 0.6 is 11.8 Å². The Hall–Kier alpha value is -2.87. The van der Waals surface area contributed by atoms with E-state index in [0.717, 1.165) is 24.4 Å². The van der Waals surface area contributed by atoms with E-state index in [4.69, 9.17) is 4.42 Å². The molecule has 7 nitrogen and oxygen atoms in total. The number of thioether (sulfide) groups is 1. The maximum Gasteiger partial charge on any atom is 0.293 e. The van der Waals surface area contributed by atoms with Crippen LogP contribution in [0.15, 0.2) is 58.3 Å². The van der Waals surface area contributed by atoms with Gasteiger partial charge in [0.15, 0.2) is 5.76 Å². The predicted octanol–water partition coefficient (Wildman–Crippen LogP) is 2.79. The van der Waals surface area contributed by atoms with E-state index < -0.39 is 11.8 Å². The summed E-state index contributed by atoms with van der Waals surface area (Å²) in [6, 6.07) is 12.9. The number of amides is 2. The van der Waals surface area contributed by atoms with Crippen LogP contribution < -0.4 is 5.32 Å². The molecule has 1 N–H and O–H groups in total. The molecule has 132 valence electrons. The summed E-state index contributed by atoms with van der Waals surface area (Å²) in [6.45, 7) is 0. The van der Waals surface area contributed by atoms with Gasteiger partial charge in [-0.3, -0.25) is 14.9 Å². The predicted molar refractivity (Wildman–Crippen MR) is 95.2 cm³/mol. The van der Waals surface area contributed by atoms with Crippen LogP contribution in [0.3, 0.4) is 0 Å². The summed E-state index contributed by atoms with van der Waals surface area (Å²) in [5.41, 5.74) is 0.950. The monoisotopic (exact) mass is 368 g/mol. The minimum absolute atomic E-state index is 0.0510. The normalized spacial score (nSPS) is 13.5. The fourth-order valence-electron chi connectivity index (χ4n) is 2.49. The van der Waals surface area contributed by atoms with Crippen molar-refractivity contribution in [2.75, 3.05) is 5.75 Å². The number of rotatable bonds is 6. The average molecular weight is 368 g/mol. The molecule has 3 aromatic rings. The number of furan rings is 1. The third-order valence-electron chi connectivity index (χ3n) is 3.89. The molecule has 4 rings (SSSR count). The van der Waals surface area contributed by atoms with Crippen LogP contribution in [0.5, 0.6) is 0 Å². The molecule has 1 aromatic carbocycles. The van der Waals surface area contributed by atoms with E-state index in [9.17, 15) is 9.59 Å². The van der Waals surface area contributed by atoms with Gasteiger partial charge in [-0.2, -0.15) is 0 Å². The van der Waals surface area contributed by atoms with E-state index in [1.165, 1.54) is 24.1 Å². The molecular formula is C18H16N4O3S. The quantitative estimate of drug-likeness (QED) is 0.673. The van der Waals surface area contributed by atoms with Crippen LogP contribution in [-0.4, -0.2) is 32.3 Å². The Labute approximate surface area is 153 Å². The van der Waals surface area contributed by atoms with E-state index >= 15 is 0 Å². The van der Waals surface area contributed by atoms with Gasteiger partial charge in [0, 0.05) is 5.92 Å². The maximum atomic E-state index is 12.0. The average Bonchev–Trinajstić information content (AvgIpc) is 3.19. The highest BCUT2D eigenvalue weighted by atomic mass is 32.2. The second-order valence-corrected chi connectivity index (χ2v) is 6.86. The third-order valence-corrected chi connectivity index (χ3v) is 4.72. The van der Waals surface area contributed by atoms with Gasteiger partial charge in [0.2, 0.25) is 11.1 Å². The van der Waals surface area contributed by atoms with Gasteiger partial charge in [0.25, 0.3) is 5.91 Å². The van der Waals surface area contributed by atoms with Crippen LogP contribution in [0.4, 0.5) is 0 Å². The summed E-state index contributed by atoms with van der Waals surface area (Å²) in [6.07, 6.45) is 3.59. The van der Waals surface area contributed by atoms with E-state index in [-0.39, 0.29) is 11.5 Å². The largest absolute Gasteiger partial charge is 0.459 e. The SMILES string of the molecule is O=C(CSc1nc(C2CC2)n(-c2ccccc2)n1)NC(=O)c1ccco1. The standard InChI is InChI=1S/C18H16N4O3S/c23-15(19-17(24)14-7-4-10-25-14)11-26-18-20-16(12-8-9-12)22(21-18)13-5-2-1-3-6-13/h1-7,10,12H,8-9,11H2,(H,19,23,24). The lowest BCUT2D eigenvalue weighted by molar-refractivity contribution is -0.117. The van der Waals surface area contributed by atoms with E-state index in [0.29, 0.717) is 11.1 Å². The number of carbonyl (C=O) groups excluding carboxylic acids is 2. The number of aromatic nitrogens is 3. The highest BCUT2D eigenvalue weighted by molar-refractivity contribution is 7.99. The lowest BCUT2D eigenvalue weighted by Crippen LogP contribution is -2.31. The number of carbonyl (C=O) groups is 2. The van der Waals surface area contributed by atoms with Crippen LogP contribution in [0.2, 0.25) is 0 Å². The molecule has 0 aliphatic heterocycles. The molecule has 1 aliphatic carbocycles. The molecule has 0 atom stereocenters. The Kier molecular flexibility index (Phi) is 4.57. The van der Waals surface area contributed by atoms with Gasteiger partial charge < -0.3 is 4.42 Å². The topological polar surface area (TPSA) is 90.0 Å². The highest BCUT2D eigenvalue weighted by Gasteiger charge is 2.30. The number of nitrogens with zero attached hydrogens (tertiary/aromatic N) is 3. The molecule has 2 aromatic heterocycles. The summed E-state index contributed by atoms with van der Waals surface area (Å²) in [5, 5.41) is 7.34. The molecule has 0 unspecified atom stereocenters. The molecule has 1 fully saturated rings. The molecule has 0 saturated heterocycles. The summed E-state index contributed by atoms with van der Waals surface area (Å²) in [7, 11) is 0. The zero-order valence-corrected chi connectivity index (χ0v) is 14.6. The van der Waals surface area contributed by atoms with Gasteiger partial charge in [-0.15, -0.1) is 5.10 Å². The Morgan fingerprint density at radius 1 is 1.19 bits per heavy atom. The molecule has 2 heterocycles. The third kappa shape index (κ3) is 3.70. The first-order chi connectivity index (χ1) is 12.7. The van der Waals surface area contributed by atoms with Gasteiger partial charge in [0.1, 0.15) is 5.82 Å². The second-order valence-electron chi connectivity index (χ2n) is 5.92. The Balaban J connectivity index is 1.42. The van der Waals surface area contributed by atoms with Crippen LogP contribution in [0.25, 0.3) is 5.69 Å². The van der Waals surface area contributed by atoms with Crippen LogP contribution in [0, 0.1) is 0 Å². The number of para-hydroxylation sites is 1. The van der Waals surface area contributed by atoms with E-state index in [1.54, 1.807) is 6.07 Å². The van der Waals surface area contributed by atoms with Crippen molar-refractivity contribution in [3.63, 3.8) is 0 Å². The van der Waals surface area contributed by atoms with Crippen molar-refractivity contribution >= 4 is 23.6 Å². The minimum Gasteiger partial charge on any atom is -0.459 e. The summed E-state index contributed by atoms with van der Waals surface area (Å²) in [4.78, 5) is 28.4. The maximum absolute atomic E-state index is 12.0. The first kappa shape index (κ1) is 16.6. The fraction of sp³-hybridized carbons (Fsp3) is 0.222. The number of nitrogens with one attached hydrogen (secondary N) is 1. The number of imide groups is 1. The van der Waals surface area contributed by atoms with Crippen molar-refractivity contribution in [1.29, 1.82) is 0 Å². The zero-order valence-electron chi connectivity index (χ0n) is 13.8. The van der Waals surface area contributed by atoms with Crippen molar-refractivity contribution in [3.8, 4) is 5.69 Å². The van der Waals surface area contributed by atoms with Gasteiger partial charge >= 0.3 is 0 Å². The molecule has 1 aliphatic rings. The van der Waals surface area contributed by atoms with Crippen molar-refractivity contribution in [2.45, 2.75) is 23.9 Å². The summed E-state index contributed by atoms with van der Waals surface area (Å²) in [5.74, 6) is 0.528. The zero-order chi connectivity index (χ0) is 17.9. The second kappa shape index (κ2) is 7.17. The van der Waals surface area contributed by atoms with Gasteiger partial charge in [0.05, 0.1) is 17.7 Å². The minimum atomic E-state index is -0.554. The fourth-order valence-corrected chi connectivity index (χ4v) is 3.12. The Morgan fingerprint density at radius 2 is 2.00 bits per heavy atom. The molecule has 1 saturated carbocycles. The van der Waals surface area contributed by atoms with Crippen LogP contribution in [0.1, 0.15) is 35.1 Å². The Morgan fingerprint density at radius 3 is 2.69 bits per heavy atom. The van der Waals surface area contributed by atoms with Crippen molar-refractivity contribution in [3.05, 3.63) is 60.3 Å². The first-order valence-electron chi connectivity index (χ1n) is 8.23. The van der Waals surface area contributed by atoms with E-state index in [1.807, 2.05) is 35.0 Å². The van der Waals surface area contributed by atoms with Crippen molar-refractivity contribution < 1.29 is 14.0 Å². The lowest BCUT2D eigenvalue weighted by atomic mass is 10.3. The van der Waals surface area contributed by atoms with Gasteiger partial charge in [-0.25, -0.2) is 9.67 Å². The molecule has 2 amide bonds. The molecule has 8 heteroatoms. The number of hydrogen-bond acceptors (Lipinski definition) is 6. The number of benzene rings is 1. The Bertz CT molecular complexity index is 917. The molecule has 0 bridgehead atoms. The summed E-state index contributed by atoms with van der Waals surface area (Å²) < 4.78 is 6.80. The van der Waals surface area contributed by atoms with E-state index in [2.05, 4.69) is 15.4 Å². The molecular weight excluding hydrogens is 352 g/mol. The van der Waals surface area contributed by atoms with Crippen LogP contribution in [-0.2, 0) is 4.79 Å². The lowest BCUT2D eigenvalue weighted by Gasteiger charge is -2.03. The van der Waals surface area contributed by atoms with Gasteiger partial charge in [-0.1, -0.05) is 30.0 Å². The summed E-state index contributed by atoms with van der Waals surface area (Å²) >= 11 is 1.20.